The molecule has 0 amide bonds. The maximum Gasteiger partial charge on any atom is 0.121 e. The molecule has 12 aromatic rings. The van der Waals surface area contributed by atoms with Crippen molar-refractivity contribution in [3.63, 3.8) is 0 Å². The van der Waals surface area contributed by atoms with Crippen LogP contribution in [0.2, 0.25) is 0 Å². The Labute approximate surface area is 362 Å². The average molecular weight is 940 g/mol. The molecular formula is C54H35IrN3O-2. The zero-order chi connectivity index (χ0) is 43.7. The minimum atomic E-state index is -2.18. The maximum absolute atomic E-state index is 7.28. The Morgan fingerprint density at radius 1 is 0.576 bits per heavy atom. The molecule has 0 saturated carbocycles. The van der Waals surface area contributed by atoms with Crippen molar-refractivity contribution in [2.24, 2.45) is 0 Å². The van der Waals surface area contributed by atoms with Crippen LogP contribution in [0.1, 0.15) is 19.4 Å². The molecule has 0 spiro atoms. The molecule has 0 unspecified atom stereocenters. The van der Waals surface area contributed by atoms with E-state index >= 15 is 0 Å². The van der Waals surface area contributed by atoms with Gasteiger partial charge < -0.3 is 13.8 Å². The second kappa shape index (κ2) is 14.8. The minimum absolute atomic E-state index is 0. The largest absolute Gasteiger partial charge is 0.501 e. The third-order valence-electron chi connectivity index (χ3n) is 10.9. The smallest absolute Gasteiger partial charge is 0.121 e. The summed E-state index contributed by atoms with van der Waals surface area (Å²) in [6.07, 6.45) is 1.30. The Hall–Kier alpha value is -6.91. The Morgan fingerprint density at radius 2 is 1.24 bits per heavy atom. The molecule has 0 fully saturated rings. The van der Waals surface area contributed by atoms with Gasteiger partial charge in [-0.1, -0.05) is 133 Å². The predicted molar refractivity (Wildman–Crippen MR) is 241 cm³/mol. The fraction of sp³-hybridized carbons (Fsp3) is 0.0370. The molecule has 0 aliphatic heterocycles. The summed E-state index contributed by atoms with van der Waals surface area (Å²) in [6.45, 7) is -4.34. The van der Waals surface area contributed by atoms with Crippen molar-refractivity contribution in [2.45, 2.75) is 13.7 Å². The van der Waals surface area contributed by atoms with Crippen molar-refractivity contribution in [1.82, 2.24) is 14.4 Å². The first kappa shape index (κ1) is 30.2. The number of nitrogens with zero attached hydrogens (tertiary/aromatic N) is 3. The first-order chi connectivity index (χ1) is 31.0. The van der Waals surface area contributed by atoms with Gasteiger partial charge in [0.1, 0.15) is 5.58 Å². The molecule has 0 saturated heterocycles. The molecule has 5 heteroatoms. The van der Waals surface area contributed by atoms with Crippen LogP contribution < -0.4 is 0 Å². The van der Waals surface area contributed by atoms with E-state index in [-0.39, 0.29) is 31.2 Å². The molecule has 0 atom stereocenters. The molecule has 8 aromatic carbocycles. The van der Waals surface area contributed by atoms with Gasteiger partial charge in [0.15, 0.2) is 0 Å². The van der Waals surface area contributed by atoms with Gasteiger partial charge in [-0.05, 0) is 74.7 Å². The molecule has 283 valence electrons. The third kappa shape index (κ3) is 6.18. The predicted octanol–water partition coefficient (Wildman–Crippen LogP) is 14.2. The maximum atomic E-state index is 7.28. The number of pyridine rings is 1. The van der Waals surface area contributed by atoms with Gasteiger partial charge >= 0.3 is 0 Å². The Bertz CT molecular complexity index is 3760. The van der Waals surface area contributed by atoms with E-state index in [0.29, 0.717) is 11.3 Å². The second-order valence-corrected chi connectivity index (χ2v) is 14.4. The third-order valence-corrected chi connectivity index (χ3v) is 10.9. The van der Waals surface area contributed by atoms with Crippen LogP contribution in [-0.4, -0.2) is 14.4 Å². The molecule has 4 aromatic heterocycles. The van der Waals surface area contributed by atoms with Gasteiger partial charge in [0, 0.05) is 56.2 Å². The number of fused-ring (bicyclic) bond motifs is 11. The first-order valence-corrected chi connectivity index (χ1v) is 19.1. The number of hydrogen-bond acceptors (Lipinski definition) is 3. The molecule has 0 aliphatic rings. The summed E-state index contributed by atoms with van der Waals surface area (Å²) in [6, 6.07) is 63.4. The summed E-state index contributed by atoms with van der Waals surface area (Å²) >= 11 is 0. The summed E-state index contributed by atoms with van der Waals surface area (Å²) in [4.78, 5) is 9.42. The van der Waals surface area contributed by atoms with Crippen molar-refractivity contribution in [1.29, 1.82) is 0 Å². The summed E-state index contributed by atoms with van der Waals surface area (Å²) in [5.74, 6) is 0.811. The number of hydrogen-bond donors (Lipinski definition) is 0. The van der Waals surface area contributed by atoms with Gasteiger partial charge in [0.25, 0.3) is 0 Å². The van der Waals surface area contributed by atoms with Crippen molar-refractivity contribution in [3.8, 4) is 22.6 Å². The topological polar surface area (TPSA) is 43.3 Å². The molecule has 0 aliphatic carbocycles. The van der Waals surface area contributed by atoms with E-state index in [4.69, 9.17) is 17.6 Å². The molecule has 0 N–H and O–H groups in total. The van der Waals surface area contributed by atoms with Crippen LogP contribution in [0.15, 0.2) is 180 Å². The van der Waals surface area contributed by atoms with Crippen LogP contribution >= 0.6 is 0 Å². The van der Waals surface area contributed by atoms with E-state index < -0.39 is 13.7 Å². The van der Waals surface area contributed by atoms with Gasteiger partial charge in [-0.2, -0.15) is 0 Å². The monoisotopic (exact) mass is 940 g/mol. The van der Waals surface area contributed by atoms with Gasteiger partial charge in [0.05, 0.1) is 22.4 Å². The Kier molecular flexibility index (Phi) is 7.57. The number of aryl methyl sites for hydroxylation is 2. The SMILES string of the molecule is [2H]C([2H])([2H])c1c[c-]c(-c2ccc(C([2H])([2H])[2H])cn2)cc1.[Ir].[c-]1ccc2c(oc3cc4ccccc4cc32)c1-c1nc2cccc3c4ccccc4c4ccccc4c4ccccc4n1c23. The standard InChI is InChI=1S/C41H23N2O.C13H12N.Ir/c1-2-12-26-24-38-35(23-25(26)11-1)33-19-9-20-34(40(33)44-38)41-42-36-21-10-18-32-30-16-6-4-14-28(30)27-13-3-5-15-29(27)31-17-7-8-22-37(31)43(41)39(32)36;1-10-3-6-12(7-4-10)13-8-5-11(2)9-14-13;/h1-19,21-24H;3-6,8-9H,1-2H3;/q2*-1;/i;1D3,2D3;. The van der Waals surface area contributed by atoms with Crippen LogP contribution in [0.5, 0.6) is 0 Å². The molecule has 0 bridgehead atoms. The van der Waals surface area contributed by atoms with E-state index in [1.54, 1.807) is 12.1 Å². The summed E-state index contributed by atoms with van der Waals surface area (Å²) in [5.41, 5.74) is 7.13. The van der Waals surface area contributed by atoms with Gasteiger partial charge in [-0.25, -0.2) is 0 Å². The van der Waals surface area contributed by atoms with Crippen LogP contribution in [-0.2, 0) is 20.1 Å². The van der Waals surface area contributed by atoms with Crippen LogP contribution in [0, 0.1) is 25.8 Å². The average Bonchev–Trinajstić information content (AvgIpc) is 3.89. The van der Waals surface area contributed by atoms with Gasteiger partial charge in [0.2, 0.25) is 0 Å². The molecular weight excluding hydrogens is 899 g/mol. The number of aromatic nitrogens is 3. The van der Waals surface area contributed by atoms with Crippen molar-refractivity contribution in [2.75, 3.05) is 0 Å². The Balaban J connectivity index is 0.000000201. The normalized spacial score (nSPS) is 13.4. The number of imidazole rings is 1. The number of rotatable bonds is 2. The summed E-state index contributed by atoms with van der Waals surface area (Å²) in [5, 5.41) is 11.6. The first-order valence-electron chi connectivity index (χ1n) is 22.1. The molecule has 4 nitrogen and oxygen atoms in total. The van der Waals surface area contributed by atoms with Crippen LogP contribution in [0.3, 0.4) is 0 Å². The zero-order valence-corrected chi connectivity index (χ0v) is 33.7. The zero-order valence-electron chi connectivity index (χ0n) is 37.3. The van der Waals surface area contributed by atoms with E-state index in [0.717, 1.165) is 66.0 Å². The molecule has 59 heavy (non-hydrogen) atoms. The number of benzene rings is 8. The molecule has 4 heterocycles. The summed E-state index contributed by atoms with van der Waals surface area (Å²) < 4.78 is 52.7. The van der Waals surface area contributed by atoms with Crippen LogP contribution in [0.25, 0.3) is 104 Å². The van der Waals surface area contributed by atoms with E-state index in [9.17, 15) is 0 Å². The molecule has 1 radical (unpaired) electrons. The van der Waals surface area contributed by atoms with E-state index in [1.807, 2.05) is 6.07 Å². The van der Waals surface area contributed by atoms with Crippen molar-refractivity contribution in [3.05, 3.63) is 199 Å². The number of furan rings is 1. The molecule has 12 rings (SSSR count). The van der Waals surface area contributed by atoms with Gasteiger partial charge in [-0.15, -0.1) is 53.6 Å². The fourth-order valence-electron chi connectivity index (χ4n) is 8.28. The number of para-hydroxylation sites is 2. The minimum Gasteiger partial charge on any atom is -0.501 e. The fourth-order valence-corrected chi connectivity index (χ4v) is 8.28. The van der Waals surface area contributed by atoms with E-state index in [2.05, 4.69) is 155 Å². The Morgan fingerprint density at radius 3 is 1.95 bits per heavy atom. The summed E-state index contributed by atoms with van der Waals surface area (Å²) in [7, 11) is 0. The van der Waals surface area contributed by atoms with Gasteiger partial charge in [-0.3, -0.25) is 4.98 Å². The quantitative estimate of drug-likeness (QED) is 0.162. The van der Waals surface area contributed by atoms with Crippen molar-refractivity contribution < 1.29 is 32.7 Å². The van der Waals surface area contributed by atoms with E-state index in [1.165, 1.54) is 51.3 Å². The van der Waals surface area contributed by atoms with Crippen LogP contribution in [0.4, 0.5) is 0 Å². The second-order valence-electron chi connectivity index (χ2n) is 14.4. The van der Waals surface area contributed by atoms with Crippen molar-refractivity contribution >= 4 is 81.6 Å².